The standard InChI is InChI=1S/C23H22F4N2O5/c24-19(25)10-29(11-20(26)27)22(32)18(9-21(30)31)28-23(33)34-12-17-15-7-3-1-5-13(15)14-6-2-4-8-16(14)17/h1-8,17-20H,9-12H2,(H,28,33)(H,30,31). The van der Waals surface area contributed by atoms with Gasteiger partial charge in [0.05, 0.1) is 19.5 Å². The molecule has 0 spiro atoms. The fourth-order valence-electron chi connectivity index (χ4n) is 3.97. The number of carbonyl (C=O) groups excluding carboxylic acids is 2. The van der Waals surface area contributed by atoms with Crippen molar-refractivity contribution in [2.24, 2.45) is 0 Å². The van der Waals surface area contributed by atoms with Gasteiger partial charge < -0.3 is 20.1 Å². The van der Waals surface area contributed by atoms with Crippen LogP contribution in [-0.4, -0.2) is 66.6 Å². The molecule has 0 radical (unpaired) electrons. The molecule has 7 nitrogen and oxygen atoms in total. The molecule has 2 amide bonds. The van der Waals surface area contributed by atoms with Crippen LogP contribution in [0.2, 0.25) is 0 Å². The molecule has 11 heteroatoms. The second kappa shape index (κ2) is 11.0. The summed E-state index contributed by atoms with van der Waals surface area (Å²) in [5, 5.41) is 11.1. The summed E-state index contributed by atoms with van der Waals surface area (Å²) in [6.45, 7) is -2.80. The topological polar surface area (TPSA) is 95.9 Å². The molecule has 1 aliphatic carbocycles. The van der Waals surface area contributed by atoms with E-state index in [4.69, 9.17) is 9.84 Å². The predicted octanol–water partition coefficient (Wildman–Crippen LogP) is 3.73. The molecule has 1 unspecified atom stereocenters. The number of hydrogen-bond acceptors (Lipinski definition) is 4. The van der Waals surface area contributed by atoms with Crippen LogP contribution in [0.4, 0.5) is 22.4 Å². The van der Waals surface area contributed by atoms with Gasteiger partial charge in [-0.3, -0.25) is 9.59 Å². The van der Waals surface area contributed by atoms with Crippen molar-refractivity contribution in [1.82, 2.24) is 10.2 Å². The number of rotatable bonds is 10. The predicted molar refractivity (Wildman–Crippen MR) is 113 cm³/mol. The number of nitrogens with one attached hydrogen (secondary N) is 1. The van der Waals surface area contributed by atoms with Crippen LogP contribution in [0.1, 0.15) is 23.5 Å². The van der Waals surface area contributed by atoms with E-state index in [1.165, 1.54) is 0 Å². The summed E-state index contributed by atoms with van der Waals surface area (Å²) >= 11 is 0. The molecule has 0 aromatic heterocycles. The van der Waals surface area contributed by atoms with Gasteiger partial charge in [-0.1, -0.05) is 48.5 Å². The van der Waals surface area contributed by atoms with E-state index in [1.54, 1.807) is 0 Å². The van der Waals surface area contributed by atoms with Crippen LogP contribution in [0.25, 0.3) is 11.1 Å². The lowest BCUT2D eigenvalue weighted by atomic mass is 9.98. The van der Waals surface area contributed by atoms with Crippen molar-refractivity contribution in [1.29, 1.82) is 0 Å². The van der Waals surface area contributed by atoms with Gasteiger partial charge in [0.1, 0.15) is 12.6 Å². The highest BCUT2D eigenvalue weighted by Crippen LogP contribution is 2.44. The van der Waals surface area contributed by atoms with Crippen molar-refractivity contribution in [2.75, 3.05) is 19.7 Å². The van der Waals surface area contributed by atoms with E-state index in [0.29, 0.717) is 0 Å². The Morgan fingerprint density at radius 3 is 1.88 bits per heavy atom. The normalized spacial score (nSPS) is 13.4. The molecule has 2 aromatic carbocycles. The van der Waals surface area contributed by atoms with Gasteiger partial charge in [-0.25, -0.2) is 22.4 Å². The number of halogens is 4. The van der Waals surface area contributed by atoms with Crippen molar-refractivity contribution in [3.63, 3.8) is 0 Å². The lowest BCUT2D eigenvalue weighted by Crippen LogP contribution is -2.52. The van der Waals surface area contributed by atoms with Crippen LogP contribution >= 0.6 is 0 Å². The summed E-state index contributed by atoms with van der Waals surface area (Å²) in [6.07, 6.45) is -8.41. The molecule has 0 saturated carbocycles. The number of amides is 2. The van der Waals surface area contributed by atoms with E-state index in [2.05, 4.69) is 0 Å². The van der Waals surface area contributed by atoms with Gasteiger partial charge in [-0.15, -0.1) is 0 Å². The SMILES string of the molecule is O=C(O)CC(NC(=O)OCC1c2ccccc2-c2ccccc21)C(=O)N(CC(F)F)CC(F)F. The number of nitrogens with zero attached hydrogens (tertiary/aromatic N) is 1. The molecule has 0 fully saturated rings. The van der Waals surface area contributed by atoms with Crippen LogP contribution in [-0.2, 0) is 14.3 Å². The van der Waals surface area contributed by atoms with Gasteiger partial charge in [-0.2, -0.15) is 0 Å². The number of fused-ring (bicyclic) bond motifs is 3. The molecule has 0 saturated heterocycles. The average molecular weight is 482 g/mol. The second-order valence-corrected chi connectivity index (χ2v) is 7.65. The summed E-state index contributed by atoms with van der Waals surface area (Å²) < 4.78 is 56.2. The van der Waals surface area contributed by atoms with Crippen LogP contribution in [0.15, 0.2) is 48.5 Å². The number of carboxylic acids is 1. The third-order valence-corrected chi connectivity index (χ3v) is 5.34. The minimum absolute atomic E-state index is 0.132. The number of carbonyl (C=O) groups is 3. The van der Waals surface area contributed by atoms with Crippen LogP contribution in [0.5, 0.6) is 0 Å². The van der Waals surface area contributed by atoms with Gasteiger partial charge in [0, 0.05) is 5.92 Å². The molecule has 0 aliphatic heterocycles. The van der Waals surface area contributed by atoms with E-state index in [9.17, 15) is 31.9 Å². The maximum absolute atomic E-state index is 12.8. The Kier molecular flexibility index (Phi) is 8.08. The van der Waals surface area contributed by atoms with Gasteiger partial charge in [0.15, 0.2) is 0 Å². The second-order valence-electron chi connectivity index (χ2n) is 7.65. The maximum Gasteiger partial charge on any atom is 0.407 e. The summed E-state index contributed by atoms with van der Waals surface area (Å²) in [5.41, 5.74) is 3.77. The highest BCUT2D eigenvalue weighted by atomic mass is 19.3. The fourth-order valence-corrected chi connectivity index (χ4v) is 3.97. The van der Waals surface area contributed by atoms with E-state index >= 15 is 0 Å². The van der Waals surface area contributed by atoms with Crippen molar-refractivity contribution < 1.29 is 41.8 Å². The first-order valence-electron chi connectivity index (χ1n) is 10.4. The van der Waals surface area contributed by atoms with Crippen LogP contribution in [0.3, 0.4) is 0 Å². The summed E-state index contributed by atoms with van der Waals surface area (Å²) in [7, 11) is 0. The number of ether oxygens (including phenoxy) is 1. The van der Waals surface area contributed by atoms with Crippen molar-refractivity contribution in [2.45, 2.75) is 31.2 Å². The monoisotopic (exact) mass is 482 g/mol. The fraction of sp³-hybridized carbons (Fsp3) is 0.348. The van der Waals surface area contributed by atoms with Crippen LogP contribution in [0, 0.1) is 0 Å². The summed E-state index contributed by atoms with van der Waals surface area (Å²) in [5.74, 6) is -3.22. The van der Waals surface area contributed by atoms with Gasteiger partial charge in [0.2, 0.25) is 5.91 Å². The quantitative estimate of drug-likeness (QED) is 0.504. The van der Waals surface area contributed by atoms with Gasteiger partial charge in [-0.05, 0) is 22.3 Å². The minimum atomic E-state index is -3.12. The lowest BCUT2D eigenvalue weighted by molar-refractivity contribution is -0.144. The number of alkyl carbamates (subject to hydrolysis) is 1. The third kappa shape index (κ3) is 6.03. The highest BCUT2D eigenvalue weighted by molar-refractivity contribution is 5.89. The molecule has 2 N–H and O–H groups in total. The molecular formula is C23H22F4N2O5. The minimum Gasteiger partial charge on any atom is -0.481 e. The average Bonchev–Trinajstić information content (AvgIpc) is 3.09. The largest absolute Gasteiger partial charge is 0.481 e. The van der Waals surface area contributed by atoms with Gasteiger partial charge >= 0.3 is 12.1 Å². The number of aliphatic carboxylic acids is 1. The lowest BCUT2D eigenvalue weighted by Gasteiger charge is -2.26. The van der Waals surface area contributed by atoms with E-state index in [-0.39, 0.29) is 17.4 Å². The van der Waals surface area contributed by atoms with Crippen molar-refractivity contribution >= 4 is 18.0 Å². The first-order chi connectivity index (χ1) is 16.2. The molecule has 34 heavy (non-hydrogen) atoms. The Hall–Kier alpha value is -3.63. The first-order valence-corrected chi connectivity index (χ1v) is 10.4. The van der Waals surface area contributed by atoms with E-state index in [0.717, 1.165) is 22.3 Å². The molecule has 0 bridgehead atoms. The molecule has 3 rings (SSSR count). The zero-order valence-electron chi connectivity index (χ0n) is 17.8. The third-order valence-electron chi connectivity index (χ3n) is 5.34. The molecule has 0 heterocycles. The zero-order valence-corrected chi connectivity index (χ0v) is 17.8. The Morgan fingerprint density at radius 2 is 1.41 bits per heavy atom. The number of hydrogen-bond donors (Lipinski definition) is 2. The van der Waals surface area contributed by atoms with E-state index in [1.807, 2.05) is 53.8 Å². The van der Waals surface area contributed by atoms with Crippen LogP contribution < -0.4 is 5.32 Å². The number of benzene rings is 2. The Morgan fingerprint density at radius 1 is 0.912 bits per heavy atom. The molecule has 1 aliphatic rings. The van der Waals surface area contributed by atoms with E-state index < -0.39 is 56.4 Å². The Bertz CT molecular complexity index is 994. The molecular weight excluding hydrogens is 460 g/mol. The molecule has 2 aromatic rings. The smallest absolute Gasteiger partial charge is 0.407 e. The maximum atomic E-state index is 12.8. The number of carboxylic acid groups (broad SMARTS) is 1. The zero-order chi connectivity index (χ0) is 24.8. The Labute approximate surface area is 192 Å². The molecule has 182 valence electrons. The first kappa shape index (κ1) is 25.0. The van der Waals surface area contributed by atoms with Crippen molar-refractivity contribution in [3.8, 4) is 11.1 Å². The molecule has 1 atom stereocenters. The van der Waals surface area contributed by atoms with Gasteiger partial charge in [0.25, 0.3) is 12.9 Å². The Balaban J connectivity index is 1.71. The highest BCUT2D eigenvalue weighted by Gasteiger charge is 2.33. The summed E-state index contributed by atoms with van der Waals surface area (Å²) in [4.78, 5) is 36.2. The number of alkyl halides is 4. The summed E-state index contributed by atoms with van der Waals surface area (Å²) in [6, 6.07) is 13.2. The van der Waals surface area contributed by atoms with Crippen molar-refractivity contribution in [3.05, 3.63) is 59.7 Å².